The number of likely N-dealkylation sites (tertiary alicyclic amines) is 1. The van der Waals surface area contributed by atoms with Gasteiger partial charge in [-0.05, 0) is 50.9 Å². The number of aryl methyl sites for hydroxylation is 1. The molecule has 7 nitrogen and oxygen atoms in total. The minimum Gasteiger partial charge on any atom is -0.382 e. The van der Waals surface area contributed by atoms with Crippen LogP contribution in [0, 0.1) is 0 Å². The number of hydrogen-bond acceptors (Lipinski definition) is 5. The van der Waals surface area contributed by atoms with Crippen LogP contribution in [0.15, 0.2) is 30.7 Å². The highest BCUT2D eigenvalue weighted by atomic mass is 16.3. The van der Waals surface area contributed by atoms with Crippen LogP contribution in [0.2, 0.25) is 0 Å². The van der Waals surface area contributed by atoms with Gasteiger partial charge in [-0.2, -0.15) is 0 Å². The molecule has 4 rings (SSSR count). The first-order valence-corrected chi connectivity index (χ1v) is 9.22. The number of nitrogens with zero attached hydrogens (tertiary/aromatic N) is 6. The molecule has 1 fully saturated rings. The maximum absolute atomic E-state index is 11.2. The summed E-state index contributed by atoms with van der Waals surface area (Å²) in [6.07, 6.45) is 5.39. The lowest BCUT2D eigenvalue weighted by Gasteiger charge is -2.38. The monoisotopic (exact) mass is 354 g/mol. The van der Waals surface area contributed by atoms with Crippen LogP contribution >= 0.6 is 0 Å². The lowest BCUT2D eigenvalue weighted by atomic mass is 9.89. The number of aromatic nitrogens is 5. The molecule has 7 heteroatoms. The maximum atomic E-state index is 11.2. The predicted octanol–water partition coefficient (Wildman–Crippen LogP) is 2.23. The third-order valence-corrected chi connectivity index (χ3v) is 5.26. The Labute approximate surface area is 153 Å². The van der Waals surface area contributed by atoms with Crippen LogP contribution in [0.25, 0.3) is 11.0 Å². The molecule has 0 amide bonds. The Bertz CT molecular complexity index is 914. The van der Waals surface area contributed by atoms with E-state index in [-0.39, 0.29) is 6.04 Å². The van der Waals surface area contributed by atoms with Crippen molar-refractivity contribution in [2.24, 2.45) is 7.05 Å². The van der Waals surface area contributed by atoms with Gasteiger partial charge in [0, 0.05) is 26.2 Å². The van der Waals surface area contributed by atoms with Crippen LogP contribution in [-0.2, 0) is 19.2 Å². The first kappa shape index (κ1) is 17.2. The summed E-state index contributed by atoms with van der Waals surface area (Å²) in [6.45, 7) is 6.46. The lowest BCUT2D eigenvalue weighted by molar-refractivity contribution is -0.0414. The summed E-state index contributed by atoms with van der Waals surface area (Å²) in [6, 6.07) is 6.64. The van der Waals surface area contributed by atoms with Gasteiger partial charge in [0.2, 0.25) is 0 Å². The van der Waals surface area contributed by atoms with Crippen LogP contribution in [0.3, 0.4) is 0 Å². The molecule has 3 aromatic rings. The Balaban J connectivity index is 1.51. The Morgan fingerprint density at radius 2 is 2.15 bits per heavy atom. The minimum atomic E-state index is -0.930. The Kier molecular flexibility index (Phi) is 4.28. The Hall–Kier alpha value is -2.25. The number of benzene rings is 1. The average molecular weight is 354 g/mol. The van der Waals surface area contributed by atoms with Crippen LogP contribution < -0.4 is 0 Å². The molecule has 1 aromatic carbocycles. The first-order valence-electron chi connectivity index (χ1n) is 9.22. The van der Waals surface area contributed by atoms with E-state index in [2.05, 4.69) is 52.2 Å². The van der Waals surface area contributed by atoms with E-state index in [4.69, 9.17) is 0 Å². The van der Waals surface area contributed by atoms with Gasteiger partial charge in [-0.1, -0.05) is 11.3 Å². The highest BCUT2D eigenvalue weighted by Gasteiger charge is 2.37. The summed E-state index contributed by atoms with van der Waals surface area (Å²) in [5.74, 6) is 0. The number of imidazole rings is 1. The fourth-order valence-corrected chi connectivity index (χ4v) is 3.75. The van der Waals surface area contributed by atoms with Crippen molar-refractivity contribution >= 4 is 11.0 Å². The number of fused-ring (bicyclic) bond motifs is 1. The van der Waals surface area contributed by atoms with Crippen LogP contribution in [-0.4, -0.2) is 47.6 Å². The van der Waals surface area contributed by atoms with Gasteiger partial charge in [0.1, 0.15) is 11.3 Å². The molecule has 1 aliphatic rings. The smallest absolute Gasteiger partial charge is 0.123 e. The number of aliphatic hydroxyl groups is 1. The Morgan fingerprint density at radius 3 is 2.92 bits per heavy atom. The summed E-state index contributed by atoms with van der Waals surface area (Å²) >= 11 is 0. The summed E-state index contributed by atoms with van der Waals surface area (Å²) in [5.41, 5.74) is 3.11. The molecule has 0 aliphatic carbocycles. The second-order valence-electron chi connectivity index (χ2n) is 7.70. The molecule has 0 spiro atoms. The van der Waals surface area contributed by atoms with Crippen molar-refractivity contribution in [1.29, 1.82) is 0 Å². The highest BCUT2D eigenvalue weighted by molar-refractivity contribution is 5.75. The highest BCUT2D eigenvalue weighted by Crippen LogP contribution is 2.31. The van der Waals surface area contributed by atoms with Crippen molar-refractivity contribution in [1.82, 2.24) is 29.4 Å². The molecule has 2 aromatic heterocycles. The second kappa shape index (κ2) is 6.48. The van der Waals surface area contributed by atoms with Gasteiger partial charge in [-0.15, -0.1) is 5.10 Å². The van der Waals surface area contributed by atoms with E-state index >= 15 is 0 Å². The molecular formula is C19H26N6O. The van der Waals surface area contributed by atoms with E-state index in [9.17, 15) is 5.11 Å². The molecule has 1 saturated heterocycles. The van der Waals surface area contributed by atoms with Crippen molar-refractivity contribution in [2.75, 3.05) is 13.1 Å². The van der Waals surface area contributed by atoms with Crippen LogP contribution in [0.5, 0.6) is 0 Å². The SMILES string of the molecule is CC(C)n1cc(C2(O)CCCN(Cc3ccc4c(c3)ncn4C)C2)nn1. The van der Waals surface area contributed by atoms with Crippen molar-refractivity contribution in [3.63, 3.8) is 0 Å². The minimum absolute atomic E-state index is 0.240. The van der Waals surface area contributed by atoms with Crippen LogP contribution in [0.1, 0.15) is 44.0 Å². The lowest BCUT2D eigenvalue weighted by Crippen LogP contribution is -2.45. The quantitative estimate of drug-likeness (QED) is 0.778. The third-order valence-electron chi connectivity index (χ3n) is 5.26. The van der Waals surface area contributed by atoms with E-state index in [1.54, 1.807) is 4.68 Å². The van der Waals surface area contributed by atoms with Gasteiger partial charge >= 0.3 is 0 Å². The normalized spacial score (nSPS) is 21.7. The topological polar surface area (TPSA) is 72.0 Å². The maximum Gasteiger partial charge on any atom is 0.123 e. The van der Waals surface area contributed by atoms with Crippen molar-refractivity contribution in [3.05, 3.63) is 42.0 Å². The predicted molar refractivity (Wildman–Crippen MR) is 99.5 cm³/mol. The van der Waals surface area contributed by atoms with E-state index < -0.39 is 5.60 Å². The van der Waals surface area contributed by atoms with Gasteiger partial charge in [-0.25, -0.2) is 9.67 Å². The van der Waals surface area contributed by atoms with E-state index in [1.165, 1.54) is 5.56 Å². The zero-order chi connectivity index (χ0) is 18.3. The Morgan fingerprint density at radius 1 is 1.31 bits per heavy atom. The molecular weight excluding hydrogens is 328 g/mol. The number of piperidine rings is 1. The fourth-order valence-electron chi connectivity index (χ4n) is 3.75. The van der Waals surface area contributed by atoms with E-state index in [0.717, 1.165) is 37.0 Å². The first-order chi connectivity index (χ1) is 12.4. The molecule has 0 radical (unpaired) electrons. The summed E-state index contributed by atoms with van der Waals surface area (Å²) in [5, 5.41) is 19.6. The zero-order valence-corrected chi connectivity index (χ0v) is 15.6. The van der Waals surface area contributed by atoms with E-state index in [0.29, 0.717) is 12.2 Å². The van der Waals surface area contributed by atoms with Gasteiger partial charge in [0.15, 0.2) is 0 Å². The molecule has 1 aliphatic heterocycles. The summed E-state index contributed by atoms with van der Waals surface area (Å²) in [4.78, 5) is 6.74. The van der Waals surface area contributed by atoms with E-state index in [1.807, 2.05) is 24.1 Å². The number of β-amino-alcohol motifs (C(OH)–C–C–N with tert-alkyl or cyclic N) is 1. The molecule has 0 bridgehead atoms. The van der Waals surface area contributed by atoms with Gasteiger partial charge in [-0.3, -0.25) is 4.90 Å². The van der Waals surface area contributed by atoms with Crippen molar-refractivity contribution in [3.8, 4) is 0 Å². The molecule has 0 saturated carbocycles. The molecule has 3 heterocycles. The van der Waals surface area contributed by atoms with Crippen molar-refractivity contribution < 1.29 is 5.11 Å². The van der Waals surface area contributed by atoms with Gasteiger partial charge < -0.3 is 9.67 Å². The molecule has 1 atom stereocenters. The average Bonchev–Trinajstić information content (AvgIpc) is 3.23. The largest absolute Gasteiger partial charge is 0.382 e. The summed E-state index contributed by atoms with van der Waals surface area (Å²) < 4.78 is 3.83. The number of rotatable bonds is 4. The van der Waals surface area contributed by atoms with Gasteiger partial charge in [0.05, 0.1) is 23.6 Å². The fraction of sp³-hybridized carbons (Fsp3) is 0.526. The molecule has 138 valence electrons. The molecule has 1 N–H and O–H groups in total. The zero-order valence-electron chi connectivity index (χ0n) is 15.6. The van der Waals surface area contributed by atoms with Crippen molar-refractivity contribution in [2.45, 2.75) is 44.9 Å². The molecule has 26 heavy (non-hydrogen) atoms. The van der Waals surface area contributed by atoms with Crippen LogP contribution in [0.4, 0.5) is 0 Å². The standard InChI is InChI=1S/C19H26N6O/c1-14(2)25-11-18(21-22-25)19(26)7-4-8-24(12-19)10-15-5-6-17-16(9-15)20-13-23(17)3/h5-6,9,11,13-14,26H,4,7-8,10,12H2,1-3H3. The van der Waals surface area contributed by atoms with Gasteiger partial charge in [0.25, 0.3) is 0 Å². The second-order valence-corrected chi connectivity index (χ2v) is 7.70. The number of hydrogen-bond donors (Lipinski definition) is 1. The molecule has 1 unspecified atom stereocenters. The summed E-state index contributed by atoms with van der Waals surface area (Å²) in [7, 11) is 2.00. The third kappa shape index (κ3) is 3.12.